The topological polar surface area (TPSA) is 201 Å². The summed E-state index contributed by atoms with van der Waals surface area (Å²) in [6.07, 6.45) is -14.7. The normalized spacial score (nSPS) is 37.2. The maximum Gasteiger partial charge on any atom is 0.186 e. The second-order valence-electron chi connectivity index (χ2n) is 5.33. The molecule has 23 heavy (non-hydrogen) atoms. The first-order valence-corrected chi connectivity index (χ1v) is 6.99. The lowest BCUT2D eigenvalue weighted by Gasteiger charge is -2.40. The zero-order chi connectivity index (χ0) is 17.7. The number of hydrogen-bond acceptors (Lipinski definition) is 11. The van der Waals surface area contributed by atoms with E-state index in [0.717, 1.165) is 0 Å². The van der Waals surface area contributed by atoms with Gasteiger partial charge in [-0.3, -0.25) is 0 Å². The Kier molecular flexibility index (Phi) is 8.20. The minimum absolute atomic E-state index is 0.655. The molecule has 1 heterocycles. The summed E-state index contributed by atoms with van der Waals surface area (Å²) in [5.41, 5.74) is 0. The van der Waals surface area contributed by atoms with Crippen molar-refractivity contribution >= 4 is 0 Å². The monoisotopic (exact) mass is 344 g/mol. The highest BCUT2D eigenvalue weighted by Gasteiger charge is 2.44. The van der Waals surface area contributed by atoms with Gasteiger partial charge in [0.05, 0.1) is 19.8 Å². The van der Waals surface area contributed by atoms with Gasteiger partial charge in [0.2, 0.25) is 0 Å². The first-order chi connectivity index (χ1) is 10.7. The van der Waals surface area contributed by atoms with E-state index in [4.69, 9.17) is 19.7 Å². The van der Waals surface area contributed by atoms with Crippen LogP contribution in [0, 0.1) is 0 Å². The average Bonchev–Trinajstić information content (AvgIpc) is 2.56. The first-order valence-electron chi connectivity index (χ1n) is 6.99. The molecule has 0 aliphatic carbocycles. The molecule has 0 aromatic heterocycles. The Morgan fingerprint density at radius 1 is 0.826 bits per heavy atom. The molecule has 0 saturated carbocycles. The van der Waals surface area contributed by atoms with Crippen LogP contribution in [0.15, 0.2) is 0 Å². The molecule has 0 radical (unpaired) electrons. The van der Waals surface area contributed by atoms with Gasteiger partial charge in [-0.15, -0.1) is 0 Å². The number of rotatable bonds is 8. The van der Waals surface area contributed by atoms with Gasteiger partial charge < -0.3 is 55.4 Å². The number of ether oxygens (including phenoxy) is 2. The molecule has 0 aromatic carbocycles. The third-order valence-corrected chi connectivity index (χ3v) is 3.61. The van der Waals surface area contributed by atoms with Crippen molar-refractivity contribution in [3.05, 3.63) is 0 Å². The third-order valence-electron chi connectivity index (χ3n) is 3.61. The predicted octanol–water partition coefficient (Wildman–Crippen LogP) is -5.76. The minimum atomic E-state index is -1.86. The van der Waals surface area contributed by atoms with Crippen molar-refractivity contribution in [3.8, 4) is 0 Å². The molecule has 9 atom stereocenters. The standard InChI is InChI=1S/C12H24O11/c13-1-4(15)7(17)8(18)5(16)3-22-12-11(21)10(20)9(19)6(2-14)23-12/h4-21H,1-3H2/t4?,5-,6?,7-,8-,9?,10?,11?,12?/m1/s1. The van der Waals surface area contributed by atoms with E-state index >= 15 is 0 Å². The zero-order valence-corrected chi connectivity index (χ0v) is 12.2. The van der Waals surface area contributed by atoms with Crippen molar-refractivity contribution < 1.29 is 55.4 Å². The molecule has 6 unspecified atom stereocenters. The summed E-state index contributed by atoms with van der Waals surface area (Å²) >= 11 is 0. The fraction of sp³-hybridized carbons (Fsp3) is 1.00. The molecule has 1 fully saturated rings. The highest BCUT2D eigenvalue weighted by molar-refractivity contribution is 4.89. The third kappa shape index (κ3) is 5.01. The van der Waals surface area contributed by atoms with E-state index in [1.165, 1.54) is 0 Å². The lowest BCUT2D eigenvalue weighted by atomic mass is 9.99. The van der Waals surface area contributed by atoms with Crippen LogP contribution in [-0.2, 0) is 9.47 Å². The van der Waals surface area contributed by atoms with Crippen LogP contribution in [0.4, 0.5) is 0 Å². The molecule has 0 amide bonds. The van der Waals surface area contributed by atoms with E-state index in [1.807, 2.05) is 0 Å². The highest BCUT2D eigenvalue weighted by Crippen LogP contribution is 2.22. The number of hydrogen-bond donors (Lipinski definition) is 9. The summed E-state index contributed by atoms with van der Waals surface area (Å²) < 4.78 is 9.99. The van der Waals surface area contributed by atoms with Crippen LogP contribution >= 0.6 is 0 Å². The van der Waals surface area contributed by atoms with Gasteiger partial charge in [-0.05, 0) is 0 Å². The van der Waals surface area contributed by atoms with E-state index in [-0.39, 0.29) is 0 Å². The molecule has 1 aliphatic heterocycles. The van der Waals surface area contributed by atoms with Crippen molar-refractivity contribution in [3.63, 3.8) is 0 Å². The van der Waals surface area contributed by atoms with Crippen molar-refractivity contribution in [1.29, 1.82) is 0 Å². The molecule has 0 aromatic rings. The minimum Gasteiger partial charge on any atom is -0.394 e. The molecule has 1 rings (SSSR count). The van der Waals surface area contributed by atoms with Gasteiger partial charge in [0.15, 0.2) is 6.29 Å². The van der Waals surface area contributed by atoms with Gasteiger partial charge in [0.1, 0.15) is 48.8 Å². The van der Waals surface area contributed by atoms with E-state index in [2.05, 4.69) is 0 Å². The van der Waals surface area contributed by atoms with Gasteiger partial charge in [0.25, 0.3) is 0 Å². The van der Waals surface area contributed by atoms with Crippen LogP contribution in [0.25, 0.3) is 0 Å². The van der Waals surface area contributed by atoms with Crippen LogP contribution in [0.3, 0.4) is 0 Å². The number of aliphatic hydroxyl groups is 9. The Bertz CT molecular complexity index is 341. The Morgan fingerprint density at radius 3 is 1.91 bits per heavy atom. The summed E-state index contributed by atoms with van der Waals surface area (Å²) in [5, 5.41) is 84.4. The van der Waals surface area contributed by atoms with Crippen LogP contribution in [0.2, 0.25) is 0 Å². The highest BCUT2D eigenvalue weighted by atomic mass is 16.7. The Labute approximate surface area is 131 Å². The predicted molar refractivity (Wildman–Crippen MR) is 70.8 cm³/mol. The van der Waals surface area contributed by atoms with Crippen LogP contribution < -0.4 is 0 Å². The fourth-order valence-electron chi connectivity index (χ4n) is 2.06. The second-order valence-corrected chi connectivity index (χ2v) is 5.33. The molecule has 11 heteroatoms. The van der Waals surface area contributed by atoms with Gasteiger partial charge >= 0.3 is 0 Å². The zero-order valence-electron chi connectivity index (χ0n) is 12.2. The first kappa shape index (κ1) is 20.6. The maximum atomic E-state index is 9.70. The van der Waals surface area contributed by atoms with Gasteiger partial charge in [0, 0.05) is 0 Å². The lowest BCUT2D eigenvalue weighted by molar-refractivity contribution is -0.306. The molecule has 11 nitrogen and oxygen atoms in total. The molecule has 1 aliphatic rings. The van der Waals surface area contributed by atoms with E-state index < -0.39 is 74.9 Å². The molecule has 138 valence electrons. The van der Waals surface area contributed by atoms with Gasteiger partial charge in [-0.1, -0.05) is 0 Å². The fourth-order valence-corrected chi connectivity index (χ4v) is 2.06. The molecular formula is C12H24O11. The van der Waals surface area contributed by atoms with E-state index in [1.54, 1.807) is 0 Å². The Hall–Kier alpha value is -0.440. The lowest BCUT2D eigenvalue weighted by Crippen LogP contribution is -2.59. The van der Waals surface area contributed by atoms with Crippen LogP contribution in [0.5, 0.6) is 0 Å². The summed E-state index contributed by atoms with van der Waals surface area (Å²) in [4.78, 5) is 0. The van der Waals surface area contributed by atoms with Crippen molar-refractivity contribution in [1.82, 2.24) is 0 Å². The average molecular weight is 344 g/mol. The molecule has 0 spiro atoms. The smallest absolute Gasteiger partial charge is 0.186 e. The number of aliphatic hydroxyl groups excluding tert-OH is 9. The van der Waals surface area contributed by atoms with E-state index in [9.17, 15) is 35.7 Å². The summed E-state index contributed by atoms with van der Waals surface area (Å²) in [5.74, 6) is 0. The SMILES string of the molecule is OCC1OC(OC[C@@H](O)[C@@H](O)[C@H](O)C(O)CO)C(O)C(O)C1O. The molecule has 9 N–H and O–H groups in total. The van der Waals surface area contributed by atoms with E-state index in [0.29, 0.717) is 0 Å². The summed E-state index contributed by atoms with van der Waals surface area (Å²) in [6.45, 7) is -2.16. The second kappa shape index (κ2) is 9.15. The van der Waals surface area contributed by atoms with Crippen molar-refractivity contribution in [2.75, 3.05) is 19.8 Å². The summed E-state index contributed by atoms with van der Waals surface area (Å²) in [7, 11) is 0. The van der Waals surface area contributed by atoms with Crippen molar-refractivity contribution in [2.45, 2.75) is 55.1 Å². The molecular weight excluding hydrogens is 320 g/mol. The quantitative estimate of drug-likeness (QED) is 0.203. The van der Waals surface area contributed by atoms with Gasteiger partial charge in [-0.2, -0.15) is 0 Å². The summed E-state index contributed by atoms with van der Waals surface area (Å²) in [6, 6.07) is 0. The van der Waals surface area contributed by atoms with Crippen LogP contribution in [-0.4, -0.2) is 121 Å². The van der Waals surface area contributed by atoms with Crippen LogP contribution in [0.1, 0.15) is 0 Å². The maximum absolute atomic E-state index is 9.70. The molecule has 0 bridgehead atoms. The van der Waals surface area contributed by atoms with Gasteiger partial charge in [-0.25, -0.2) is 0 Å². The Balaban J connectivity index is 2.55. The van der Waals surface area contributed by atoms with Crippen molar-refractivity contribution in [2.24, 2.45) is 0 Å². The molecule has 1 saturated heterocycles. The largest absolute Gasteiger partial charge is 0.394 e. The Morgan fingerprint density at radius 2 is 1.39 bits per heavy atom.